The second kappa shape index (κ2) is 7.10. The zero-order valence-electron chi connectivity index (χ0n) is 12.1. The van der Waals surface area contributed by atoms with Crippen LogP contribution in [0.3, 0.4) is 0 Å². The monoisotopic (exact) mass is 298 g/mol. The second-order valence-electron chi connectivity index (χ2n) is 5.88. The molecule has 0 saturated heterocycles. The first kappa shape index (κ1) is 16.1. The number of Topliss-reactive ketones (excluding diaryl/α,β-unsaturated/α-hetero) is 1. The van der Waals surface area contributed by atoms with E-state index in [-0.39, 0.29) is 6.42 Å². The number of rotatable bonds is 5. The molecule has 0 heterocycles. The lowest BCUT2D eigenvalue weighted by atomic mass is 9.83. The van der Waals surface area contributed by atoms with Gasteiger partial charge in [0.15, 0.2) is 0 Å². The van der Waals surface area contributed by atoms with Crippen LogP contribution in [0.1, 0.15) is 62.0 Å². The van der Waals surface area contributed by atoms with Crippen LogP contribution in [0.5, 0.6) is 0 Å². The first-order valence-electron chi connectivity index (χ1n) is 7.61. The van der Waals surface area contributed by atoms with Crippen LogP contribution in [0, 0.1) is 0 Å². The van der Waals surface area contributed by atoms with Gasteiger partial charge in [0.2, 0.25) is 0 Å². The summed E-state index contributed by atoms with van der Waals surface area (Å²) < 4.78 is 36.1. The van der Waals surface area contributed by atoms with Crippen molar-refractivity contribution in [3.63, 3.8) is 0 Å². The summed E-state index contributed by atoms with van der Waals surface area (Å²) in [6, 6.07) is 8.16. The first-order chi connectivity index (χ1) is 9.94. The molecule has 0 aliphatic heterocycles. The highest BCUT2D eigenvalue weighted by Crippen LogP contribution is 2.31. The zero-order chi connectivity index (χ0) is 15.3. The third kappa shape index (κ3) is 5.52. The highest BCUT2D eigenvalue weighted by Gasteiger charge is 2.25. The Bertz CT molecular complexity index is 452. The fourth-order valence-corrected chi connectivity index (χ4v) is 2.88. The van der Waals surface area contributed by atoms with Gasteiger partial charge in [0.1, 0.15) is 5.78 Å². The topological polar surface area (TPSA) is 17.1 Å². The maximum absolute atomic E-state index is 12.0. The molecule has 0 amide bonds. The maximum Gasteiger partial charge on any atom is 0.389 e. The smallest absolute Gasteiger partial charge is 0.300 e. The van der Waals surface area contributed by atoms with Crippen LogP contribution in [-0.4, -0.2) is 12.0 Å². The molecule has 0 unspecified atom stereocenters. The number of carbonyl (C=O) groups is 1. The van der Waals surface area contributed by atoms with Crippen molar-refractivity contribution in [2.24, 2.45) is 0 Å². The van der Waals surface area contributed by atoms with E-state index in [9.17, 15) is 18.0 Å². The molecule has 0 atom stereocenters. The largest absolute Gasteiger partial charge is 0.389 e. The van der Waals surface area contributed by atoms with Gasteiger partial charge in [-0.3, -0.25) is 4.79 Å². The van der Waals surface area contributed by atoms with Gasteiger partial charge in [-0.05, 0) is 49.1 Å². The van der Waals surface area contributed by atoms with E-state index in [0.717, 1.165) is 18.4 Å². The molecule has 1 aromatic rings. The van der Waals surface area contributed by atoms with Crippen molar-refractivity contribution in [2.75, 3.05) is 0 Å². The Balaban J connectivity index is 1.78. The molecule has 1 saturated carbocycles. The lowest BCUT2D eigenvalue weighted by Gasteiger charge is -2.21. The average molecular weight is 298 g/mol. The van der Waals surface area contributed by atoms with Gasteiger partial charge in [0, 0.05) is 19.3 Å². The summed E-state index contributed by atoms with van der Waals surface area (Å²) in [4.78, 5) is 11.2. The number of aryl methyl sites for hydroxylation is 1. The number of alkyl halides is 3. The summed E-state index contributed by atoms with van der Waals surface area (Å²) in [6.45, 7) is 0. The number of unbranched alkanes of at least 4 members (excludes halogenated alkanes) is 1. The second-order valence-corrected chi connectivity index (χ2v) is 5.88. The Labute approximate surface area is 123 Å². The molecule has 2 rings (SSSR count). The van der Waals surface area contributed by atoms with Crippen molar-refractivity contribution < 1.29 is 18.0 Å². The minimum Gasteiger partial charge on any atom is -0.300 e. The highest BCUT2D eigenvalue weighted by molar-refractivity contribution is 5.79. The Morgan fingerprint density at radius 2 is 1.62 bits per heavy atom. The number of carbonyl (C=O) groups excluding carboxylic acids is 1. The minimum absolute atomic E-state index is 0.190. The van der Waals surface area contributed by atoms with Gasteiger partial charge in [-0.25, -0.2) is 0 Å². The van der Waals surface area contributed by atoms with E-state index < -0.39 is 12.6 Å². The molecule has 1 nitrogen and oxygen atoms in total. The van der Waals surface area contributed by atoms with E-state index in [2.05, 4.69) is 12.1 Å². The van der Waals surface area contributed by atoms with Crippen LogP contribution < -0.4 is 0 Å². The van der Waals surface area contributed by atoms with Crippen LogP contribution >= 0.6 is 0 Å². The lowest BCUT2D eigenvalue weighted by molar-refractivity contribution is -0.135. The van der Waals surface area contributed by atoms with Crippen LogP contribution in [0.15, 0.2) is 24.3 Å². The molecule has 0 bridgehead atoms. The third-order valence-corrected chi connectivity index (χ3v) is 4.17. The van der Waals surface area contributed by atoms with Crippen LogP contribution in [0.4, 0.5) is 13.2 Å². The van der Waals surface area contributed by atoms with Crippen molar-refractivity contribution in [1.82, 2.24) is 0 Å². The standard InChI is InChI=1S/C17H21F3O/c18-17(19,20)12-2-1-3-13-4-6-14(7-5-13)15-8-10-16(21)11-9-15/h4-7,15H,1-3,8-12H2. The van der Waals surface area contributed by atoms with Gasteiger partial charge >= 0.3 is 6.18 Å². The summed E-state index contributed by atoms with van der Waals surface area (Å²) in [7, 11) is 0. The van der Waals surface area contributed by atoms with E-state index in [0.29, 0.717) is 37.4 Å². The van der Waals surface area contributed by atoms with Gasteiger partial charge in [0.05, 0.1) is 0 Å². The molecule has 0 spiro atoms. The summed E-state index contributed by atoms with van der Waals surface area (Å²) in [5.74, 6) is 0.814. The molecule has 1 aromatic carbocycles. The molecular weight excluding hydrogens is 277 g/mol. The van der Waals surface area contributed by atoms with Crippen molar-refractivity contribution in [3.05, 3.63) is 35.4 Å². The van der Waals surface area contributed by atoms with Gasteiger partial charge in [0.25, 0.3) is 0 Å². The number of benzene rings is 1. The van der Waals surface area contributed by atoms with Crippen molar-refractivity contribution in [1.29, 1.82) is 0 Å². The Hall–Kier alpha value is -1.32. The highest BCUT2D eigenvalue weighted by atomic mass is 19.4. The molecule has 1 aliphatic rings. The fourth-order valence-electron chi connectivity index (χ4n) is 2.88. The normalized spacial score (nSPS) is 17.2. The Morgan fingerprint density at radius 1 is 1.00 bits per heavy atom. The van der Waals surface area contributed by atoms with E-state index in [1.807, 2.05) is 12.1 Å². The molecule has 4 heteroatoms. The molecule has 116 valence electrons. The Morgan fingerprint density at radius 3 is 2.19 bits per heavy atom. The predicted octanol–water partition coefficient (Wildman–Crippen LogP) is 5.19. The van der Waals surface area contributed by atoms with Crippen molar-refractivity contribution in [2.45, 2.75) is 63.5 Å². The molecule has 21 heavy (non-hydrogen) atoms. The van der Waals surface area contributed by atoms with Crippen LogP contribution in [-0.2, 0) is 11.2 Å². The summed E-state index contributed by atoms with van der Waals surface area (Å²) in [5.41, 5.74) is 2.34. The van der Waals surface area contributed by atoms with Gasteiger partial charge in [-0.2, -0.15) is 13.2 Å². The molecule has 0 radical (unpaired) electrons. The van der Waals surface area contributed by atoms with E-state index in [4.69, 9.17) is 0 Å². The first-order valence-corrected chi connectivity index (χ1v) is 7.61. The van der Waals surface area contributed by atoms with Crippen LogP contribution in [0.25, 0.3) is 0 Å². The summed E-state index contributed by atoms with van der Waals surface area (Å²) >= 11 is 0. The SMILES string of the molecule is O=C1CCC(c2ccc(CCCCC(F)(F)F)cc2)CC1. The van der Waals surface area contributed by atoms with Gasteiger partial charge in [-0.1, -0.05) is 24.3 Å². The van der Waals surface area contributed by atoms with Crippen molar-refractivity contribution in [3.8, 4) is 0 Å². The zero-order valence-corrected chi connectivity index (χ0v) is 12.1. The third-order valence-electron chi connectivity index (χ3n) is 4.17. The number of halogens is 3. The lowest BCUT2D eigenvalue weighted by Crippen LogP contribution is -2.12. The van der Waals surface area contributed by atoms with E-state index >= 15 is 0 Å². The van der Waals surface area contributed by atoms with Gasteiger partial charge < -0.3 is 0 Å². The summed E-state index contributed by atoms with van der Waals surface area (Å²) in [6.07, 6.45) is -0.100. The summed E-state index contributed by atoms with van der Waals surface area (Å²) in [5, 5.41) is 0. The molecular formula is C17H21F3O. The maximum atomic E-state index is 12.0. The number of hydrogen-bond acceptors (Lipinski definition) is 1. The van der Waals surface area contributed by atoms with E-state index in [1.165, 1.54) is 5.56 Å². The quantitative estimate of drug-likeness (QED) is 0.684. The fraction of sp³-hybridized carbons (Fsp3) is 0.588. The Kier molecular flexibility index (Phi) is 5.43. The predicted molar refractivity (Wildman–Crippen MR) is 76.3 cm³/mol. The number of hydrogen-bond donors (Lipinski definition) is 0. The average Bonchev–Trinajstić information content (AvgIpc) is 2.44. The molecule has 1 fully saturated rings. The number of ketones is 1. The van der Waals surface area contributed by atoms with Gasteiger partial charge in [-0.15, -0.1) is 0 Å². The molecule has 1 aliphatic carbocycles. The molecule has 0 N–H and O–H groups in total. The van der Waals surface area contributed by atoms with E-state index in [1.54, 1.807) is 0 Å². The van der Waals surface area contributed by atoms with Crippen LogP contribution in [0.2, 0.25) is 0 Å². The minimum atomic E-state index is -4.04. The molecule has 0 aromatic heterocycles. The van der Waals surface area contributed by atoms with Crippen molar-refractivity contribution >= 4 is 5.78 Å².